The standard InChI is InChI=1S/C19H24ClNO4/c1-11-5-16(17(24-2)9-15(11)20)21-18(22)10-25-19(23)8-14-7-12-3-4-13(14)6-12/h5,9,12-14H,3-4,6-8,10H2,1-2H3,(H,21,22). The summed E-state index contributed by atoms with van der Waals surface area (Å²) in [4.78, 5) is 24.1. The molecule has 0 spiro atoms. The van der Waals surface area contributed by atoms with Crippen molar-refractivity contribution in [3.63, 3.8) is 0 Å². The van der Waals surface area contributed by atoms with Gasteiger partial charge in [-0.3, -0.25) is 9.59 Å². The molecule has 3 rings (SSSR count). The van der Waals surface area contributed by atoms with E-state index < -0.39 is 0 Å². The van der Waals surface area contributed by atoms with E-state index in [1.807, 2.05) is 6.92 Å². The van der Waals surface area contributed by atoms with Crippen LogP contribution in [0.1, 0.15) is 37.7 Å². The molecule has 25 heavy (non-hydrogen) atoms. The maximum Gasteiger partial charge on any atom is 0.306 e. The van der Waals surface area contributed by atoms with E-state index in [9.17, 15) is 9.59 Å². The molecule has 0 radical (unpaired) electrons. The number of anilines is 1. The number of hydrogen-bond acceptors (Lipinski definition) is 4. The first-order valence-corrected chi connectivity index (χ1v) is 9.13. The highest BCUT2D eigenvalue weighted by Crippen LogP contribution is 2.49. The fourth-order valence-corrected chi connectivity index (χ4v) is 4.32. The van der Waals surface area contributed by atoms with Crippen molar-refractivity contribution in [3.05, 3.63) is 22.7 Å². The number of esters is 1. The van der Waals surface area contributed by atoms with E-state index in [2.05, 4.69) is 5.32 Å². The Morgan fingerprint density at radius 3 is 2.72 bits per heavy atom. The second-order valence-electron chi connectivity index (χ2n) is 7.15. The number of benzene rings is 1. The van der Waals surface area contributed by atoms with Gasteiger partial charge in [-0.05, 0) is 55.6 Å². The summed E-state index contributed by atoms with van der Waals surface area (Å²) in [7, 11) is 1.51. The van der Waals surface area contributed by atoms with Crippen molar-refractivity contribution in [2.45, 2.75) is 39.0 Å². The number of aryl methyl sites for hydroxylation is 1. The average Bonchev–Trinajstić information content (AvgIpc) is 3.19. The zero-order valence-electron chi connectivity index (χ0n) is 14.6. The van der Waals surface area contributed by atoms with Gasteiger partial charge in [-0.25, -0.2) is 0 Å². The summed E-state index contributed by atoms with van der Waals surface area (Å²) in [5.41, 5.74) is 1.34. The third-order valence-corrected chi connectivity index (χ3v) is 5.84. The molecule has 1 aromatic rings. The summed E-state index contributed by atoms with van der Waals surface area (Å²) < 4.78 is 10.4. The van der Waals surface area contributed by atoms with Gasteiger partial charge >= 0.3 is 5.97 Å². The van der Waals surface area contributed by atoms with E-state index >= 15 is 0 Å². The van der Waals surface area contributed by atoms with Crippen LogP contribution in [-0.2, 0) is 14.3 Å². The minimum absolute atomic E-state index is 0.285. The van der Waals surface area contributed by atoms with Gasteiger partial charge in [-0.2, -0.15) is 0 Å². The van der Waals surface area contributed by atoms with Gasteiger partial charge in [0, 0.05) is 17.5 Å². The fourth-order valence-electron chi connectivity index (χ4n) is 4.16. The highest BCUT2D eigenvalue weighted by molar-refractivity contribution is 6.31. The topological polar surface area (TPSA) is 64.6 Å². The molecule has 1 N–H and O–H groups in total. The van der Waals surface area contributed by atoms with E-state index in [1.165, 1.54) is 26.4 Å². The van der Waals surface area contributed by atoms with Crippen molar-refractivity contribution >= 4 is 29.2 Å². The maximum atomic E-state index is 12.1. The van der Waals surface area contributed by atoms with Crippen LogP contribution in [-0.4, -0.2) is 25.6 Å². The third kappa shape index (κ3) is 4.27. The fraction of sp³-hybridized carbons (Fsp3) is 0.579. The van der Waals surface area contributed by atoms with Gasteiger partial charge in [0.15, 0.2) is 6.61 Å². The van der Waals surface area contributed by atoms with Crippen LogP contribution in [0.3, 0.4) is 0 Å². The van der Waals surface area contributed by atoms with Gasteiger partial charge in [0.2, 0.25) is 0 Å². The molecule has 1 aromatic carbocycles. The van der Waals surface area contributed by atoms with Gasteiger partial charge in [0.05, 0.1) is 12.8 Å². The van der Waals surface area contributed by atoms with Crippen LogP contribution in [0.5, 0.6) is 5.75 Å². The number of nitrogens with one attached hydrogen (secondary N) is 1. The largest absolute Gasteiger partial charge is 0.495 e. The minimum Gasteiger partial charge on any atom is -0.495 e. The molecule has 5 nitrogen and oxygen atoms in total. The molecule has 0 heterocycles. The van der Waals surface area contributed by atoms with Crippen molar-refractivity contribution in [2.75, 3.05) is 19.0 Å². The van der Waals surface area contributed by atoms with Gasteiger partial charge in [-0.1, -0.05) is 18.0 Å². The van der Waals surface area contributed by atoms with Crippen LogP contribution in [0.4, 0.5) is 5.69 Å². The van der Waals surface area contributed by atoms with E-state index in [-0.39, 0.29) is 18.5 Å². The van der Waals surface area contributed by atoms with Crippen LogP contribution in [0.25, 0.3) is 0 Å². The number of rotatable bonds is 6. The summed E-state index contributed by atoms with van der Waals surface area (Å²) in [6, 6.07) is 3.38. The van der Waals surface area contributed by atoms with Crippen molar-refractivity contribution < 1.29 is 19.1 Å². The lowest BCUT2D eigenvalue weighted by atomic mass is 9.86. The Kier molecular flexibility index (Phi) is 5.52. The third-order valence-electron chi connectivity index (χ3n) is 5.43. The Morgan fingerprint density at radius 1 is 1.28 bits per heavy atom. The highest BCUT2D eigenvalue weighted by atomic mass is 35.5. The first-order valence-electron chi connectivity index (χ1n) is 8.76. The first kappa shape index (κ1) is 18.1. The summed E-state index contributed by atoms with van der Waals surface area (Å²) >= 11 is 6.05. The maximum absolute atomic E-state index is 12.1. The zero-order chi connectivity index (χ0) is 18.0. The summed E-state index contributed by atoms with van der Waals surface area (Å²) in [5.74, 6) is 1.71. The SMILES string of the molecule is COc1cc(Cl)c(C)cc1NC(=O)COC(=O)CC1CC2CCC1C2. The quantitative estimate of drug-likeness (QED) is 0.775. The number of carbonyl (C=O) groups is 2. The van der Waals surface area contributed by atoms with Crippen LogP contribution < -0.4 is 10.1 Å². The molecule has 2 saturated carbocycles. The molecular formula is C19H24ClNO4. The predicted molar refractivity (Wildman–Crippen MR) is 95.9 cm³/mol. The highest BCUT2D eigenvalue weighted by Gasteiger charge is 2.40. The summed E-state index contributed by atoms with van der Waals surface area (Å²) in [6.45, 7) is 1.55. The Balaban J connectivity index is 1.48. The van der Waals surface area contributed by atoms with Crippen molar-refractivity contribution in [1.82, 2.24) is 0 Å². The number of ether oxygens (including phenoxy) is 2. The number of halogens is 1. The Bertz CT molecular complexity index is 676. The lowest BCUT2D eigenvalue weighted by Crippen LogP contribution is -2.23. The molecule has 2 bridgehead atoms. The lowest BCUT2D eigenvalue weighted by molar-refractivity contribution is -0.148. The number of hydrogen-bond donors (Lipinski definition) is 1. The number of amides is 1. The van der Waals surface area contributed by atoms with E-state index in [4.69, 9.17) is 21.1 Å². The monoisotopic (exact) mass is 365 g/mol. The average molecular weight is 366 g/mol. The number of fused-ring (bicyclic) bond motifs is 2. The molecule has 6 heteroatoms. The second-order valence-corrected chi connectivity index (χ2v) is 7.56. The second kappa shape index (κ2) is 7.65. The molecule has 0 aliphatic heterocycles. The molecule has 136 valence electrons. The molecule has 2 fully saturated rings. The summed E-state index contributed by atoms with van der Waals surface area (Å²) in [6.07, 6.45) is 5.36. The molecule has 2 aliphatic carbocycles. The van der Waals surface area contributed by atoms with Crippen molar-refractivity contribution in [3.8, 4) is 5.75 Å². The van der Waals surface area contributed by atoms with Gasteiger partial charge in [-0.15, -0.1) is 0 Å². The van der Waals surface area contributed by atoms with Crippen molar-refractivity contribution in [1.29, 1.82) is 0 Å². The predicted octanol–water partition coefficient (Wildman–Crippen LogP) is 3.97. The molecule has 3 atom stereocenters. The smallest absolute Gasteiger partial charge is 0.306 e. The minimum atomic E-state index is -0.388. The molecule has 2 aliphatic rings. The Labute approximate surface area is 153 Å². The van der Waals surface area contributed by atoms with Gasteiger partial charge in [0.25, 0.3) is 5.91 Å². The number of methoxy groups -OCH3 is 1. The van der Waals surface area contributed by atoms with Crippen LogP contribution in [0, 0.1) is 24.7 Å². The van der Waals surface area contributed by atoms with E-state index in [0.29, 0.717) is 34.7 Å². The number of carbonyl (C=O) groups excluding carboxylic acids is 2. The first-order chi connectivity index (χ1) is 12.0. The Morgan fingerprint density at radius 2 is 2.08 bits per heavy atom. The van der Waals surface area contributed by atoms with Crippen LogP contribution in [0.2, 0.25) is 5.02 Å². The molecule has 1 amide bonds. The van der Waals surface area contributed by atoms with Gasteiger partial charge in [0.1, 0.15) is 5.75 Å². The Hall–Kier alpha value is -1.75. The van der Waals surface area contributed by atoms with Crippen LogP contribution >= 0.6 is 11.6 Å². The zero-order valence-corrected chi connectivity index (χ0v) is 15.4. The van der Waals surface area contributed by atoms with Gasteiger partial charge < -0.3 is 14.8 Å². The van der Waals surface area contributed by atoms with Crippen LogP contribution in [0.15, 0.2) is 12.1 Å². The molecular weight excluding hydrogens is 342 g/mol. The summed E-state index contributed by atoms with van der Waals surface area (Å²) in [5, 5.41) is 3.27. The lowest BCUT2D eigenvalue weighted by Gasteiger charge is -2.20. The molecule has 0 aromatic heterocycles. The van der Waals surface area contributed by atoms with Crippen molar-refractivity contribution in [2.24, 2.45) is 17.8 Å². The molecule has 3 unspecified atom stereocenters. The molecule has 0 saturated heterocycles. The van der Waals surface area contributed by atoms with E-state index in [1.54, 1.807) is 12.1 Å². The normalized spacial score (nSPS) is 24.2. The van der Waals surface area contributed by atoms with E-state index in [0.717, 1.165) is 17.9 Å².